The summed E-state index contributed by atoms with van der Waals surface area (Å²) in [5.41, 5.74) is 1.15. The average molecular weight is 215 g/mol. The first-order valence-corrected chi connectivity index (χ1v) is 5.41. The number of rotatable bonds is 1. The Balaban J connectivity index is 1.77. The first-order chi connectivity index (χ1) is 7.93. The van der Waals surface area contributed by atoms with E-state index in [0.29, 0.717) is 12.8 Å². The van der Waals surface area contributed by atoms with Gasteiger partial charge in [-0.2, -0.15) is 0 Å². The molecular weight excluding hydrogens is 202 g/mol. The summed E-state index contributed by atoms with van der Waals surface area (Å²) >= 11 is 0. The number of fused-ring (bicyclic) bond motifs is 1. The lowest BCUT2D eigenvalue weighted by Crippen LogP contribution is -2.41. The molecule has 0 bridgehead atoms. The SMILES string of the molecule is C1=CN=CC(N2COc3ccncc3C2)C1. The molecule has 1 unspecified atom stereocenters. The highest BCUT2D eigenvalue weighted by molar-refractivity contribution is 5.66. The summed E-state index contributed by atoms with van der Waals surface area (Å²) in [6.07, 6.45) is 10.5. The normalized spacial score (nSPS) is 23.9. The van der Waals surface area contributed by atoms with Crippen molar-refractivity contribution in [3.63, 3.8) is 0 Å². The zero-order valence-electron chi connectivity index (χ0n) is 8.91. The van der Waals surface area contributed by atoms with Crippen molar-refractivity contribution in [3.8, 4) is 5.75 Å². The summed E-state index contributed by atoms with van der Waals surface area (Å²) in [4.78, 5) is 10.6. The van der Waals surface area contributed by atoms with Crippen molar-refractivity contribution in [2.45, 2.75) is 19.0 Å². The summed E-state index contributed by atoms with van der Waals surface area (Å²) in [5, 5.41) is 0. The lowest BCUT2D eigenvalue weighted by atomic mass is 10.1. The molecule has 16 heavy (non-hydrogen) atoms. The van der Waals surface area contributed by atoms with E-state index in [0.717, 1.165) is 24.3 Å². The maximum absolute atomic E-state index is 5.69. The van der Waals surface area contributed by atoms with Crippen LogP contribution in [0, 0.1) is 0 Å². The highest BCUT2D eigenvalue weighted by atomic mass is 16.5. The molecule has 0 saturated heterocycles. The van der Waals surface area contributed by atoms with Crippen molar-refractivity contribution >= 4 is 6.21 Å². The van der Waals surface area contributed by atoms with Gasteiger partial charge in [-0.3, -0.25) is 14.9 Å². The maximum Gasteiger partial charge on any atom is 0.142 e. The van der Waals surface area contributed by atoms with Crippen molar-refractivity contribution in [3.05, 3.63) is 36.3 Å². The highest BCUT2D eigenvalue weighted by Crippen LogP contribution is 2.25. The molecule has 2 aliphatic rings. The summed E-state index contributed by atoms with van der Waals surface area (Å²) in [6, 6.07) is 2.26. The molecule has 1 atom stereocenters. The lowest BCUT2D eigenvalue weighted by molar-refractivity contribution is 0.0798. The van der Waals surface area contributed by atoms with Crippen LogP contribution in [0.2, 0.25) is 0 Å². The van der Waals surface area contributed by atoms with Gasteiger partial charge in [0.05, 0.1) is 6.04 Å². The van der Waals surface area contributed by atoms with Crippen molar-refractivity contribution < 1.29 is 4.74 Å². The van der Waals surface area contributed by atoms with Crippen LogP contribution >= 0.6 is 0 Å². The van der Waals surface area contributed by atoms with Gasteiger partial charge >= 0.3 is 0 Å². The number of hydrogen-bond acceptors (Lipinski definition) is 4. The predicted octanol–water partition coefficient (Wildman–Crippen LogP) is 1.59. The molecule has 1 aromatic rings. The Morgan fingerprint density at radius 2 is 2.44 bits per heavy atom. The lowest BCUT2D eigenvalue weighted by Gasteiger charge is -2.33. The Morgan fingerprint density at radius 3 is 3.31 bits per heavy atom. The van der Waals surface area contributed by atoms with Crippen LogP contribution in [-0.4, -0.2) is 28.9 Å². The standard InChI is InChI=1S/C12H13N3O/c1-2-11(7-13-4-1)15-8-10-6-14-5-3-12(10)16-9-15/h1,3-7,11H,2,8-9H2. The molecule has 4 nitrogen and oxygen atoms in total. The van der Waals surface area contributed by atoms with E-state index < -0.39 is 0 Å². The molecule has 0 fully saturated rings. The van der Waals surface area contributed by atoms with Crippen LogP contribution in [0.4, 0.5) is 0 Å². The van der Waals surface area contributed by atoms with Crippen molar-refractivity contribution in [1.82, 2.24) is 9.88 Å². The minimum Gasteiger partial charge on any atom is -0.478 e. The maximum atomic E-state index is 5.69. The number of nitrogens with zero attached hydrogens (tertiary/aromatic N) is 3. The van der Waals surface area contributed by atoms with E-state index in [9.17, 15) is 0 Å². The second kappa shape index (κ2) is 4.06. The molecule has 0 aliphatic carbocycles. The van der Waals surface area contributed by atoms with E-state index in [1.807, 2.05) is 24.7 Å². The van der Waals surface area contributed by atoms with Crippen LogP contribution < -0.4 is 4.74 Å². The van der Waals surface area contributed by atoms with Gasteiger partial charge < -0.3 is 4.74 Å². The Morgan fingerprint density at radius 1 is 1.44 bits per heavy atom. The minimum absolute atomic E-state index is 0.346. The second-order valence-electron chi connectivity index (χ2n) is 3.99. The Labute approximate surface area is 94.3 Å². The number of hydrogen-bond donors (Lipinski definition) is 0. The molecule has 0 radical (unpaired) electrons. The molecule has 2 aliphatic heterocycles. The molecule has 0 saturated carbocycles. The van der Waals surface area contributed by atoms with Crippen molar-refractivity contribution in [2.24, 2.45) is 4.99 Å². The molecule has 0 N–H and O–H groups in total. The largest absolute Gasteiger partial charge is 0.478 e. The van der Waals surface area contributed by atoms with E-state index in [4.69, 9.17) is 4.74 Å². The van der Waals surface area contributed by atoms with Crippen LogP contribution in [0.25, 0.3) is 0 Å². The van der Waals surface area contributed by atoms with Crippen LogP contribution in [0.1, 0.15) is 12.0 Å². The molecular formula is C12H13N3O. The third-order valence-corrected chi connectivity index (χ3v) is 2.91. The molecule has 4 heteroatoms. The zero-order valence-corrected chi connectivity index (χ0v) is 8.91. The van der Waals surface area contributed by atoms with Crippen LogP contribution in [-0.2, 0) is 6.54 Å². The summed E-state index contributed by atoms with van der Waals surface area (Å²) < 4.78 is 5.69. The quantitative estimate of drug-likeness (QED) is 0.714. The van der Waals surface area contributed by atoms with Crippen LogP contribution in [0.5, 0.6) is 5.75 Å². The van der Waals surface area contributed by atoms with Gasteiger partial charge in [0.2, 0.25) is 0 Å². The Hall–Kier alpha value is -1.68. The van der Waals surface area contributed by atoms with E-state index in [1.54, 1.807) is 6.20 Å². The minimum atomic E-state index is 0.346. The number of pyridine rings is 1. The molecule has 0 amide bonds. The van der Waals surface area contributed by atoms with E-state index in [2.05, 4.69) is 21.0 Å². The van der Waals surface area contributed by atoms with Gasteiger partial charge in [0.15, 0.2) is 0 Å². The van der Waals surface area contributed by atoms with Gasteiger partial charge in [-0.1, -0.05) is 6.08 Å². The van der Waals surface area contributed by atoms with E-state index >= 15 is 0 Å². The van der Waals surface area contributed by atoms with Crippen LogP contribution in [0.15, 0.2) is 35.7 Å². The predicted molar refractivity (Wildman–Crippen MR) is 61.3 cm³/mol. The van der Waals surface area contributed by atoms with Gasteiger partial charge in [0, 0.05) is 36.9 Å². The number of ether oxygens (including phenoxy) is 1. The van der Waals surface area contributed by atoms with E-state index in [-0.39, 0.29) is 0 Å². The van der Waals surface area contributed by atoms with Gasteiger partial charge in [-0.15, -0.1) is 0 Å². The molecule has 3 heterocycles. The van der Waals surface area contributed by atoms with Gasteiger partial charge in [0.1, 0.15) is 12.5 Å². The van der Waals surface area contributed by atoms with Gasteiger partial charge in [-0.25, -0.2) is 0 Å². The Kier molecular flexibility index (Phi) is 2.42. The van der Waals surface area contributed by atoms with Gasteiger partial charge in [0.25, 0.3) is 0 Å². The topological polar surface area (TPSA) is 37.7 Å². The van der Waals surface area contributed by atoms with Gasteiger partial charge in [-0.05, 0) is 12.5 Å². The first-order valence-electron chi connectivity index (χ1n) is 5.41. The van der Waals surface area contributed by atoms with Crippen molar-refractivity contribution in [2.75, 3.05) is 6.73 Å². The van der Waals surface area contributed by atoms with E-state index in [1.165, 1.54) is 0 Å². The summed E-state index contributed by atoms with van der Waals surface area (Å²) in [5.74, 6) is 0.953. The fraction of sp³-hybridized carbons (Fsp3) is 0.333. The molecule has 1 aromatic heterocycles. The Bertz CT molecular complexity index is 442. The summed E-state index contributed by atoms with van der Waals surface area (Å²) in [6.45, 7) is 1.51. The number of aromatic nitrogens is 1. The van der Waals surface area contributed by atoms with Crippen LogP contribution in [0.3, 0.4) is 0 Å². The van der Waals surface area contributed by atoms with Crippen molar-refractivity contribution in [1.29, 1.82) is 0 Å². The summed E-state index contributed by atoms with van der Waals surface area (Å²) in [7, 11) is 0. The highest BCUT2D eigenvalue weighted by Gasteiger charge is 2.23. The monoisotopic (exact) mass is 215 g/mol. The fourth-order valence-electron chi connectivity index (χ4n) is 2.02. The molecule has 0 aromatic carbocycles. The third kappa shape index (κ3) is 1.72. The smallest absolute Gasteiger partial charge is 0.142 e. The first kappa shape index (κ1) is 9.54. The second-order valence-corrected chi connectivity index (χ2v) is 3.99. The molecule has 3 rings (SSSR count). The molecule has 82 valence electrons. The fourth-order valence-corrected chi connectivity index (χ4v) is 2.02. The zero-order chi connectivity index (χ0) is 10.8. The average Bonchev–Trinajstić information content (AvgIpc) is 2.39. The molecule has 0 spiro atoms. The third-order valence-electron chi connectivity index (χ3n) is 2.91. The number of aliphatic imine (C=N–C) groups is 1.